The highest BCUT2D eigenvalue weighted by Crippen LogP contribution is 2.29. The average Bonchev–Trinajstić information content (AvgIpc) is 2.45. The number of nitrogens with one attached hydrogen (secondary N) is 1. The smallest absolute Gasteiger partial charge is 0.136 e. The van der Waals surface area contributed by atoms with Gasteiger partial charge < -0.3 is 15.0 Å². The van der Waals surface area contributed by atoms with Crippen LogP contribution >= 0.6 is 0 Å². The number of benzene rings is 1. The zero-order valence-electron chi connectivity index (χ0n) is 12.3. The lowest BCUT2D eigenvalue weighted by molar-refractivity contribution is 0.352. The Bertz CT molecular complexity index is 624. The highest BCUT2D eigenvalue weighted by molar-refractivity contribution is 5.93. The molecule has 0 aliphatic carbocycles. The van der Waals surface area contributed by atoms with Gasteiger partial charge in [0.1, 0.15) is 11.6 Å². The number of nitrogens with zero attached hydrogens (tertiary/aromatic N) is 2. The summed E-state index contributed by atoms with van der Waals surface area (Å²) in [6.07, 6.45) is 1.89. The summed E-state index contributed by atoms with van der Waals surface area (Å²) in [5, 5.41) is 5.89. The minimum Gasteiger partial charge on any atom is -0.497 e. The maximum atomic E-state index is 5.35. The van der Waals surface area contributed by atoms with Crippen LogP contribution in [-0.4, -0.2) is 37.3 Å². The summed E-state index contributed by atoms with van der Waals surface area (Å²) in [4.78, 5) is 6.97. The largest absolute Gasteiger partial charge is 0.497 e. The summed E-state index contributed by atoms with van der Waals surface area (Å²) in [5.74, 6) is 1.93. The molecule has 4 heteroatoms. The van der Waals surface area contributed by atoms with E-state index < -0.39 is 0 Å². The Morgan fingerprint density at radius 3 is 2.90 bits per heavy atom. The molecule has 0 atom stereocenters. The summed E-state index contributed by atoms with van der Waals surface area (Å²) in [6, 6.07) is 8.21. The van der Waals surface area contributed by atoms with Gasteiger partial charge in [0.15, 0.2) is 0 Å². The molecular weight excluding hydrogens is 250 g/mol. The van der Waals surface area contributed by atoms with Crippen molar-refractivity contribution in [1.29, 1.82) is 0 Å². The minimum absolute atomic E-state index is 0.112. The van der Waals surface area contributed by atoms with Crippen LogP contribution < -0.4 is 15.0 Å². The van der Waals surface area contributed by atoms with Gasteiger partial charge >= 0.3 is 0 Å². The van der Waals surface area contributed by atoms with Crippen LogP contribution in [-0.2, 0) is 0 Å². The number of rotatable bonds is 2. The lowest BCUT2D eigenvalue weighted by Gasteiger charge is -2.40. The van der Waals surface area contributed by atoms with Gasteiger partial charge in [0.05, 0.1) is 7.11 Å². The Morgan fingerprint density at radius 1 is 1.30 bits per heavy atom. The molecule has 20 heavy (non-hydrogen) atoms. The van der Waals surface area contributed by atoms with Crippen LogP contribution in [0.2, 0.25) is 0 Å². The van der Waals surface area contributed by atoms with E-state index in [9.17, 15) is 0 Å². The van der Waals surface area contributed by atoms with Crippen molar-refractivity contribution in [2.75, 3.05) is 31.6 Å². The van der Waals surface area contributed by atoms with Gasteiger partial charge in [-0.05, 0) is 37.4 Å². The van der Waals surface area contributed by atoms with Crippen LogP contribution in [0.4, 0.5) is 5.82 Å². The van der Waals surface area contributed by atoms with Gasteiger partial charge in [0, 0.05) is 36.8 Å². The number of fused-ring (bicyclic) bond motifs is 1. The summed E-state index contributed by atoms with van der Waals surface area (Å²) in [5.41, 5.74) is 0.112. The van der Waals surface area contributed by atoms with E-state index in [-0.39, 0.29) is 5.54 Å². The molecule has 106 valence electrons. The predicted molar refractivity (Wildman–Crippen MR) is 82.6 cm³/mol. The zero-order chi connectivity index (χ0) is 14.2. The lowest BCUT2D eigenvalue weighted by atomic mass is 10.0. The predicted octanol–water partition coefficient (Wildman–Crippen LogP) is 2.43. The molecule has 2 heterocycles. The van der Waals surface area contributed by atoms with E-state index >= 15 is 0 Å². The zero-order valence-corrected chi connectivity index (χ0v) is 12.3. The van der Waals surface area contributed by atoms with Crippen LogP contribution in [0, 0.1) is 0 Å². The SMILES string of the molecule is COc1ccc2ccnc(N3CCNC(C)(C)C3)c2c1. The van der Waals surface area contributed by atoms with Gasteiger partial charge in [-0.15, -0.1) is 0 Å². The second kappa shape index (κ2) is 4.94. The summed E-state index contributed by atoms with van der Waals surface area (Å²) < 4.78 is 5.35. The third-order valence-electron chi connectivity index (χ3n) is 3.82. The van der Waals surface area contributed by atoms with E-state index in [0.717, 1.165) is 36.6 Å². The quantitative estimate of drug-likeness (QED) is 0.910. The molecule has 0 bridgehead atoms. The summed E-state index contributed by atoms with van der Waals surface area (Å²) in [6.45, 7) is 7.37. The first-order chi connectivity index (χ1) is 9.59. The summed E-state index contributed by atoms with van der Waals surface area (Å²) in [7, 11) is 1.70. The van der Waals surface area contributed by atoms with Crippen molar-refractivity contribution in [3.8, 4) is 5.75 Å². The molecule has 0 radical (unpaired) electrons. The third-order valence-corrected chi connectivity index (χ3v) is 3.82. The summed E-state index contributed by atoms with van der Waals surface area (Å²) >= 11 is 0. The van der Waals surface area contributed by atoms with E-state index in [1.807, 2.05) is 18.3 Å². The highest BCUT2D eigenvalue weighted by atomic mass is 16.5. The van der Waals surface area contributed by atoms with Crippen LogP contribution in [0.5, 0.6) is 5.75 Å². The fraction of sp³-hybridized carbons (Fsp3) is 0.438. The number of piperazine rings is 1. The van der Waals surface area contributed by atoms with E-state index in [1.165, 1.54) is 5.39 Å². The van der Waals surface area contributed by atoms with E-state index in [4.69, 9.17) is 4.74 Å². The van der Waals surface area contributed by atoms with Crippen molar-refractivity contribution in [1.82, 2.24) is 10.3 Å². The fourth-order valence-electron chi connectivity index (χ4n) is 2.83. The second-order valence-electron chi connectivity index (χ2n) is 5.95. The average molecular weight is 271 g/mol. The van der Waals surface area contributed by atoms with Gasteiger partial charge in [0.25, 0.3) is 0 Å². The molecule has 1 aromatic carbocycles. The van der Waals surface area contributed by atoms with Crippen molar-refractivity contribution in [2.24, 2.45) is 0 Å². The molecule has 1 aliphatic heterocycles. The molecule has 0 unspecified atom stereocenters. The third kappa shape index (κ3) is 2.43. The van der Waals surface area contributed by atoms with Crippen molar-refractivity contribution < 1.29 is 4.74 Å². The lowest BCUT2D eigenvalue weighted by Crippen LogP contribution is -2.57. The highest BCUT2D eigenvalue weighted by Gasteiger charge is 2.27. The Labute approximate surface area is 119 Å². The standard InChI is InChI=1S/C16H21N3O/c1-16(2)11-19(9-8-18-16)15-14-10-13(20-3)5-4-12(14)6-7-17-15/h4-7,10,18H,8-9,11H2,1-3H3. The molecule has 0 amide bonds. The van der Waals surface area contributed by atoms with Crippen molar-refractivity contribution in [2.45, 2.75) is 19.4 Å². The van der Waals surface area contributed by atoms with Crippen LogP contribution in [0.15, 0.2) is 30.5 Å². The Hall–Kier alpha value is -1.81. The molecule has 1 N–H and O–H groups in total. The van der Waals surface area contributed by atoms with Crippen LogP contribution in [0.1, 0.15) is 13.8 Å². The van der Waals surface area contributed by atoms with E-state index in [0.29, 0.717) is 0 Å². The molecule has 1 aliphatic rings. The van der Waals surface area contributed by atoms with Crippen LogP contribution in [0.25, 0.3) is 10.8 Å². The first-order valence-corrected chi connectivity index (χ1v) is 7.02. The fourth-order valence-corrected chi connectivity index (χ4v) is 2.83. The van der Waals surface area contributed by atoms with Crippen molar-refractivity contribution >= 4 is 16.6 Å². The maximum absolute atomic E-state index is 5.35. The molecular formula is C16H21N3O. The van der Waals surface area contributed by atoms with Crippen molar-refractivity contribution in [3.63, 3.8) is 0 Å². The normalized spacial score (nSPS) is 18.2. The number of pyridine rings is 1. The molecule has 4 nitrogen and oxygen atoms in total. The Kier molecular flexibility index (Phi) is 3.26. The monoisotopic (exact) mass is 271 g/mol. The Balaban J connectivity index is 2.06. The van der Waals surface area contributed by atoms with Gasteiger partial charge in [-0.2, -0.15) is 0 Å². The number of aromatic nitrogens is 1. The molecule has 2 aromatic rings. The molecule has 0 saturated carbocycles. The topological polar surface area (TPSA) is 37.4 Å². The van der Waals surface area contributed by atoms with Crippen molar-refractivity contribution in [3.05, 3.63) is 30.5 Å². The first kappa shape index (κ1) is 13.2. The number of hydrogen-bond acceptors (Lipinski definition) is 4. The second-order valence-corrected chi connectivity index (χ2v) is 5.95. The Morgan fingerprint density at radius 2 is 2.15 bits per heavy atom. The minimum atomic E-state index is 0.112. The van der Waals surface area contributed by atoms with E-state index in [2.05, 4.69) is 41.2 Å². The number of ether oxygens (including phenoxy) is 1. The first-order valence-electron chi connectivity index (χ1n) is 7.02. The number of anilines is 1. The molecule has 1 fully saturated rings. The maximum Gasteiger partial charge on any atom is 0.136 e. The molecule has 0 spiro atoms. The van der Waals surface area contributed by atoms with Gasteiger partial charge in [-0.25, -0.2) is 4.98 Å². The number of hydrogen-bond donors (Lipinski definition) is 1. The van der Waals surface area contributed by atoms with Gasteiger partial charge in [0.2, 0.25) is 0 Å². The number of methoxy groups -OCH3 is 1. The van der Waals surface area contributed by atoms with Gasteiger partial charge in [-0.1, -0.05) is 6.07 Å². The molecule has 1 saturated heterocycles. The molecule has 1 aromatic heterocycles. The van der Waals surface area contributed by atoms with Crippen LogP contribution in [0.3, 0.4) is 0 Å². The van der Waals surface area contributed by atoms with E-state index in [1.54, 1.807) is 7.11 Å². The molecule has 3 rings (SSSR count). The van der Waals surface area contributed by atoms with Gasteiger partial charge in [-0.3, -0.25) is 0 Å².